The van der Waals surface area contributed by atoms with E-state index in [0.717, 1.165) is 19.6 Å². The predicted molar refractivity (Wildman–Crippen MR) is 126 cm³/mol. The molecule has 0 fully saturated rings. The second-order valence-corrected chi connectivity index (χ2v) is 7.82. The second kappa shape index (κ2) is 11.4. The summed E-state index contributed by atoms with van der Waals surface area (Å²) in [5.74, 6) is -1.01. The van der Waals surface area contributed by atoms with Crippen LogP contribution >= 0.6 is 0 Å². The van der Waals surface area contributed by atoms with E-state index < -0.39 is 0 Å². The molecule has 33 heavy (non-hydrogen) atoms. The zero-order valence-electron chi connectivity index (χ0n) is 19.1. The summed E-state index contributed by atoms with van der Waals surface area (Å²) in [6.07, 6.45) is 0.533. The topological polar surface area (TPSA) is 98.8 Å². The van der Waals surface area contributed by atoms with E-state index >= 15 is 0 Å². The maximum atomic E-state index is 12.4. The molecule has 0 bridgehead atoms. The zero-order chi connectivity index (χ0) is 23.8. The highest BCUT2D eigenvalue weighted by atomic mass is 16.2. The van der Waals surface area contributed by atoms with Gasteiger partial charge >= 0.3 is 0 Å². The van der Waals surface area contributed by atoms with E-state index in [1.165, 1.54) is 4.90 Å². The molecule has 2 aromatic rings. The minimum atomic E-state index is -0.318. The first-order valence-corrected chi connectivity index (χ1v) is 11.3. The van der Waals surface area contributed by atoms with Gasteiger partial charge in [-0.1, -0.05) is 26.0 Å². The van der Waals surface area contributed by atoms with E-state index in [-0.39, 0.29) is 36.6 Å². The van der Waals surface area contributed by atoms with E-state index in [2.05, 4.69) is 29.4 Å². The van der Waals surface area contributed by atoms with Crippen LogP contribution in [-0.4, -0.2) is 66.2 Å². The number of fused-ring (bicyclic) bond motifs is 1. The number of carbonyl (C=O) groups excluding carboxylic acids is 4. The molecule has 1 aliphatic rings. The maximum absolute atomic E-state index is 12.4. The fourth-order valence-corrected chi connectivity index (χ4v) is 3.74. The lowest BCUT2D eigenvalue weighted by Gasteiger charge is -2.18. The molecule has 0 aromatic heterocycles. The highest BCUT2D eigenvalue weighted by Crippen LogP contribution is 2.22. The van der Waals surface area contributed by atoms with Gasteiger partial charge in [-0.25, -0.2) is 0 Å². The third kappa shape index (κ3) is 6.04. The molecular formula is C25H30N4O4. The third-order valence-corrected chi connectivity index (χ3v) is 5.70. The van der Waals surface area contributed by atoms with Crippen LogP contribution in [0.4, 0.5) is 5.69 Å². The summed E-state index contributed by atoms with van der Waals surface area (Å²) in [6, 6.07) is 13.4. The molecule has 2 aromatic carbocycles. The maximum Gasteiger partial charge on any atom is 0.261 e. The molecule has 8 nitrogen and oxygen atoms in total. The Kier molecular flexibility index (Phi) is 8.32. The normalized spacial score (nSPS) is 12.8. The number of benzene rings is 2. The van der Waals surface area contributed by atoms with Gasteiger partial charge < -0.3 is 15.5 Å². The molecule has 0 aliphatic carbocycles. The largest absolute Gasteiger partial charge is 0.351 e. The van der Waals surface area contributed by atoms with Crippen LogP contribution < -0.4 is 10.6 Å². The number of carbonyl (C=O) groups is 4. The Labute approximate surface area is 193 Å². The highest BCUT2D eigenvalue weighted by Gasteiger charge is 2.34. The lowest BCUT2D eigenvalue weighted by Crippen LogP contribution is -2.34. The van der Waals surface area contributed by atoms with Crippen LogP contribution in [0.3, 0.4) is 0 Å². The Hall–Kier alpha value is -3.52. The first-order valence-electron chi connectivity index (χ1n) is 11.3. The summed E-state index contributed by atoms with van der Waals surface area (Å²) < 4.78 is 0. The van der Waals surface area contributed by atoms with Gasteiger partial charge in [-0.15, -0.1) is 0 Å². The molecule has 0 unspecified atom stereocenters. The monoisotopic (exact) mass is 450 g/mol. The van der Waals surface area contributed by atoms with E-state index in [4.69, 9.17) is 0 Å². The van der Waals surface area contributed by atoms with Crippen LogP contribution in [0.25, 0.3) is 0 Å². The Morgan fingerprint density at radius 1 is 0.909 bits per heavy atom. The number of anilines is 1. The molecule has 2 N–H and O–H groups in total. The van der Waals surface area contributed by atoms with Gasteiger partial charge in [-0.3, -0.25) is 24.1 Å². The van der Waals surface area contributed by atoms with Gasteiger partial charge in [0.1, 0.15) is 0 Å². The van der Waals surface area contributed by atoms with Crippen LogP contribution in [0, 0.1) is 0 Å². The van der Waals surface area contributed by atoms with Crippen molar-refractivity contribution in [3.8, 4) is 0 Å². The van der Waals surface area contributed by atoms with Gasteiger partial charge in [0.05, 0.1) is 11.1 Å². The first-order chi connectivity index (χ1) is 15.9. The SMILES string of the molecule is CCN(CC)CCNC(=O)c1ccc(NC(=O)CCCN2C(=O)c3ccccc3C2=O)cc1. The number of likely N-dealkylation sites (N-methyl/N-ethyl adjacent to an activating group) is 1. The number of hydrogen-bond donors (Lipinski definition) is 2. The number of rotatable bonds is 11. The lowest BCUT2D eigenvalue weighted by molar-refractivity contribution is -0.116. The van der Waals surface area contributed by atoms with Gasteiger partial charge in [0.25, 0.3) is 17.7 Å². The molecule has 0 saturated carbocycles. The smallest absolute Gasteiger partial charge is 0.261 e. The van der Waals surface area contributed by atoms with E-state index in [1.54, 1.807) is 48.5 Å². The fraction of sp³-hybridized carbons (Fsp3) is 0.360. The minimum absolute atomic E-state index is 0.152. The molecule has 1 heterocycles. The van der Waals surface area contributed by atoms with Crippen LogP contribution in [-0.2, 0) is 4.79 Å². The summed E-state index contributed by atoms with van der Waals surface area (Å²) in [5.41, 5.74) is 1.92. The summed E-state index contributed by atoms with van der Waals surface area (Å²) in [7, 11) is 0. The van der Waals surface area contributed by atoms with E-state index in [9.17, 15) is 19.2 Å². The predicted octanol–water partition coefficient (Wildman–Crippen LogP) is 2.77. The number of nitrogens with zero attached hydrogens (tertiary/aromatic N) is 2. The van der Waals surface area contributed by atoms with Gasteiger partial charge in [-0.2, -0.15) is 0 Å². The summed E-state index contributed by atoms with van der Waals surface area (Å²) in [5, 5.41) is 5.68. The Morgan fingerprint density at radius 2 is 1.52 bits per heavy atom. The average Bonchev–Trinajstić information content (AvgIpc) is 3.07. The molecule has 8 heteroatoms. The third-order valence-electron chi connectivity index (χ3n) is 5.70. The molecule has 0 saturated heterocycles. The quantitative estimate of drug-likeness (QED) is 0.513. The van der Waals surface area contributed by atoms with Crippen molar-refractivity contribution in [3.63, 3.8) is 0 Å². The van der Waals surface area contributed by atoms with Gasteiger partial charge in [0.15, 0.2) is 0 Å². The van der Waals surface area contributed by atoms with Gasteiger partial charge in [0, 0.05) is 37.3 Å². The molecule has 1 aliphatic heterocycles. The van der Waals surface area contributed by atoms with Crippen LogP contribution in [0.5, 0.6) is 0 Å². The highest BCUT2D eigenvalue weighted by molar-refractivity contribution is 6.21. The number of imide groups is 1. The van der Waals surface area contributed by atoms with Crippen molar-refractivity contribution < 1.29 is 19.2 Å². The van der Waals surface area contributed by atoms with Crippen molar-refractivity contribution in [2.24, 2.45) is 0 Å². The van der Waals surface area contributed by atoms with Crippen molar-refractivity contribution in [2.45, 2.75) is 26.7 Å². The Bertz CT molecular complexity index is 980. The molecule has 3 rings (SSSR count). The molecular weight excluding hydrogens is 420 g/mol. The van der Waals surface area contributed by atoms with Gasteiger partial charge in [-0.05, 0) is 55.9 Å². The standard InChI is InChI=1S/C25H30N4O4/c1-3-28(4-2)17-15-26-23(31)18-11-13-19(14-12-18)27-22(30)10-7-16-29-24(32)20-8-5-6-9-21(20)25(29)33/h5-6,8-9,11-14H,3-4,7,10,15-17H2,1-2H3,(H,26,31)(H,27,30). The van der Waals surface area contributed by atoms with Crippen LogP contribution in [0.2, 0.25) is 0 Å². The van der Waals surface area contributed by atoms with Gasteiger partial charge in [0.2, 0.25) is 5.91 Å². The second-order valence-electron chi connectivity index (χ2n) is 7.82. The van der Waals surface area contributed by atoms with Crippen molar-refractivity contribution in [1.82, 2.24) is 15.1 Å². The average molecular weight is 451 g/mol. The van der Waals surface area contributed by atoms with Crippen LogP contribution in [0.1, 0.15) is 57.8 Å². The Morgan fingerprint density at radius 3 is 2.09 bits per heavy atom. The fourth-order valence-electron chi connectivity index (χ4n) is 3.74. The Balaban J connectivity index is 1.41. The minimum Gasteiger partial charge on any atom is -0.351 e. The lowest BCUT2D eigenvalue weighted by atomic mass is 10.1. The first kappa shape index (κ1) is 24.1. The summed E-state index contributed by atoms with van der Waals surface area (Å²) >= 11 is 0. The molecule has 4 amide bonds. The molecule has 0 radical (unpaired) electrons. The summed E-state index contributed by atoms with van der Waals surface area (Å²) in [4.78, 5) is 52.7. The van der Waals surface area contributed by atoms with E-state index in [1.807, 2.05) is 0 Å². The molecule has 174 valence electrons. The zero-order valence-corrected chi connectivity index (χ0v) is 19.1. The van der Waals surface area contributed by atoms with Crippen molar-refractivity contribution in [1.29, 1.82) is 0 Å². The van der Waals surface area contributed by atoms with Crippen molar-refractivity contribution in [2.75, 3.05) is 38.0 Å². The van der Waals surface area contributed by atoms with Crippen molar-refractivity contribution in [3.05, 3.63) is 65.2 Å². The summed E-state index contributed by atoms with van der Waals surface area (Å²) in [6.45, 7) is 7.62. The van der Waals surface area contributed by atoms with E-state index in [0.29, 0.717) is 35.3 Å². The number of amides is 4. The molecule has 0 spiro atoms. The molecule has 0 atom stereocenters. The number of nitrogens with one attached hydrogen (secondary N) is 2. The van der Waals surface area contributed by atoms with Crippen molar-refractivity contribution >= 4 is 29.3 Å². The van der Waals surface area contributed by atoms with Crippen LogP contribution in [0.15, 0.2) is 48.5 Å². The number of hydrogen-bond acceptors (Lipinski definition) is 5.